The van der Waals surface area contributed by atoms with Crippen LogP contribution in [0.2, 0.25) is 0 Å². The van der Waals surface area contributed by atoms with E-state index in [-0.39, 0.29) is 12.2 Å². The molecule has 0 atom stereocenters. The number of ether oxygens (including phenoxy) is 2. The lowest BCUT2D eigenvalue weighted by atomic mass is 10.2. The summed E-state index contributed by atoms with van der Waals surface area (Å²) in [4.78, 5) is 36.8. The van der Waals surface area contributed by atoms with Crippen molar-refractivity contribution in [3.8, 4) is 10.6 Å². The minimum absolute atomic E-state index is 0.245. The van der Waals surface area contributed by atoms with Crippen molar-refractivity contribution >= 4 is 39.4 Å². The standard InChI is InChI=1S/C30H40N5O4S/c1-29(2,3)38-27(36)34-15-11-32(12-16-34)21-7-9-23-25(19-21)40-26-20-22(8-10-24(26)31-23)33-13-17-35(18-14-33)28(37)39-30(4,5)6/h7-10,19-20H,11-18H2,1-6H3/q+1. The summed E-state index contributed by atoms with van der Waals surface area (Å²) in [7, 11) is 0. The summed E-state index contributed by atoms with van der Waals surface area (Å²) in [5, 5.41) is 1.14. The average Bonchev–Trinajstić information content (AvgIpc) is 2.89. The van der Waals surface area contributed by atoms with Crippen LogP contribution in [0, 0.1) is 0 Å². The van der Waals surface area contributed by atoms with E-state index in [1.807, 2.05) is 41.5 Å². The number of rotatable bonds is 1. The summed E-state index contributed by atoms with van der Waals surface area (Å²) in [5.74, 6) is 0. The molecule has 214 valence electrons. The normalized spacial score (nSPS) is 16.9. The number of aromatic nitrogens is 1. The van der Waals surface area contributed by atoms with Gasteiger partial charge < -0.3 is 19.3 Å². The van der Waals surface area contributed by atoms with Gasteiger partial charge in [-0.2, -0.15) is 0 Å². The minimum atomic E-state index is -0.488. The highest BCUT2D eigenvalue weighted by Gasteiger charge is 2.28. The van der Waals surface area contributed by atoms with Crippen molar-refractivity contribution in [2.45, 2.75) is 52.7 Å². The Morgan fingerprint density at radius 3 is 2.00 bits per heavy atom. The highest BCUT2D eigenvalue weighted by atomic mass is 32.1. The van der Waals surface area contributed by atoms with Gasteiger partial charge in [0, 0.05) is 44.0 Å². The molecule has 9 nitrogen and oxygen atoms in total. The predicted molar refractivity (Wildman–Crippen MR) is 159 cm³/mol. The van der Waals surface area contributed by atoms with Crippen molar-refractivity contribution in [2.24, 2.45) is 0 Å². The molecule has 1 aromatic carbocycles. The average molecular weight is 567 g/mol. The maximum atomic E-state index is 12.4. The van der Waals surface area contributed by atoms with Crippen LogP contribution in [0.5, 0.6) is 0 Å². The van der Waals surface area contributed by atoms with Gasteiger partial charge in [-0.3, -0.25) is 4.90 Å². The predicted octanol–water partition coefficient (Wildman–Crippen LogP) is 4.48. The van der Waals surface area contributed by atoms with E-state index in [1.54, 1.807) is 21.1 Å². The van der Waals surface area contributed by atoms with E-state index < -0.39 is 11.2 Å². The molecule has 40 heavy (non-hydrogen) atoms. The molecule has 0 saturated carbocycles. The Morgan fingerprint density at radius 1 is 0.800 bits per heavy atom. The molecular formula is C30H40N5O4S+. The van der Waals surface area contributed by atoms with E-state index >= 15 is 0 Å². The SMILES string of the molecule is CC(C)(C)OC(=O)N1CCN(c2ccc3nc4ccc(=[N+]5CCN(C(=O)OC(C)(C)C)CC5)cc-4sc3c2)CC1. The van der Waals surface area contributed by atoms with Gasteiger partial charge in [-0.15, -0.1) is 11.3 Å². The second kappa shape index (κ2) is 10.9. The number of benzene rings is 2. The smallest absolute Gasteiger partial charge is 0.410 e. The Labute approximate surface area is 240 Å². The van der Waals surface area contributed by atoms with Crippen LogP contribution >= 0.6 is 11.3 Å². The van der Waals surface area contributed by atoms with Gasteiger partial charge in [-0.25, -0.2) is 19.1 Å². The fraction of sp³-hybridized carbons (Fsp3) is 0.533. The van der Waals surface area contributed by atoms with Crippen molar-refractivity contribution in [1.82, 2.24) is 19.4 Å². The molecule has 5 rings (SSSR count). The summed E-state index contributed by atoms with van der Waals surface area (Å²) in [5.41, 5.74) is 2.12. The topological polar surface area (TPSA) is 78.2 Å². The number of fused-ring (bicyclic) bond motifs is 2. The maximum Gasteiger partial charge on any atom is 0.410 e. The maximum absolute atomic E-state index is 12.4. The van der Waals surface area contributed by atoms with Gasteiger partial charge in [-0.05, 0) is 65.8 Å². The van der Waals surface area contributed by atoms with E-state index in [0.29, 0.717) is 26.2 Å². The van der Waals surface area contributed by atoms with E-state index in [9.17, 15) is 9.59 Å². The zero-order chi connectivity index (χ0) is 28.7. The van der Waals surface area contributed by atoms with Crippen molar-refractivity contribution in [3.05, 3.63) is 41.8 Å². The van der Waals surface area contributed by atoms with Crippen LogP contribution in [0.4, 0.5) is 15.3 Å². The van der Waals surface area contributed by atoms with Crippen LogP contribution in [-0.4, -0.2) is 90.5 Å². The molecule has 4 aliphatic rings. The summed E-state index contributed by atoms with van der Waals surface area (Å²) in [6.07, 6.45) is -0.490. The Balaban J connectivity index is 1.31. The molecule has 0 N–H and O–H groups in total. The van der Waals surface area contributed by atoms with E-state index in [1.165, 1.54) is 0 Å². The van der Waals surface area contributed by atoms with Gasteiger partial charge in [0.15, 0.2) is 13.1 Å². The summed E-state index contributed by atoms with van der Waals surface area (Å²) >= 11 is 1.75. The van der Waals surface area contributed by atoms with Crippen molar-refractivity contribution in [2.75, 3.05) is 57.3 Å². The first-order valence-corrected chi connectivity index (χ1v) is 14.8. The number of piperazine rings is 2. The lowest BCUT2D eigenvalue weighted by Crippen LogP contribution is -2.51. The molecule has 1 aromatic rings. The number of carbonyl (C=O) groups is 2. The Hall–Kier alpha value is -3.40. The quantitative estimate of drug-likeness (QED) is 0.319. The highest BCUT2D eigenvalue weighted by molar-refractivity contribution is 7.21. The van der Waals surface area contributed by atoms with Crippen LogP contribution in [-0.2, 0) is 9.47 Å². The molecule has 2 saturated heterocycles. The van der Waals surface area contributed by atoms with Gasteiger partial charge in [-0.1, -0.05) is 0 Å². The molecule has 3 aliphatic heterocycles. The Kier molecular flexibility index (Phi) is 7.65. The van der Waals surface area contributed by atoms with Crippen LogP contribution in [0.3, 0.4) is 0 Å². The molecule has 2 amide bonds. The van der Waals surface area contributed by atoms with Gasteiger partial charge in [0.1, 0.15) is 11.2 Å². The Morgan fingerprint density at radius 2 is 1.40 bits per heavy atom. The largest absolute Gasteiger partial charge is 0.444 e. The fourth-order valence-electron chi connectivity index (χ4n) is 4.94. The fourth-order valence-corrected chi connectivity index (χ4v) is 5.98. The van der Waals surface area contributed by atoms with E-state index in [4.69, 9.17) is 14.5 Å². The lowest BCUT2D eigenvalue weighted by molar-refractivity contribution is 0.0214. The van der Waals surface area contributed by atoms with Crippen molar-refractivity contribution in [1.29, 1.82) is 0 Å². The Bertz CT molecular complexity index is 1440. The van der Waals surface area contributed by atoms with Crippen LogP contribution < -0.4 is 14.8 Å². The van der Waals surface area contributed by atoms with Crippen LogP contribution in [0.1, 0.15) is 41.5 Å². The molecule has 1 aliphatic carbocycles. The third-order valence-electron chi connectivity index (χ3n) is 6.94. The number of hydrogen-bond donors (Lipinski definition) is 0. The first-order valence-electron chi connectivity index (χ1n) is 14.0. The molecule has 0 aromatic heterocycles. The molecule has 0 spiro atoms. The number of carbonyl (C=O) groups excluding carboxylic acids is 2. The van der Waals surface area contributed by atoms with E-state index in [2.05, 4.69) is 45.9 Å². The summed E-state index contributed by atoms with van der Waals surface area (Å²) in [6, 6.07) is 12.8. The van der Waals surface area contributed by atoms with Gasteiger partial charge in [0.05, 0.1) is 33.9 Å². The number of amides is 2. The summed E-state index contributed by atoms with van der Waals surface area (Å²) in [6.45, 7) is 16.9. The van der Waals surface area contributed by atoms with Gasteiger partial charge in [0.2, 0.25) is 5.36 Å². The third-order valence-corrected chi connectivity index (χ3v) is 8.03. The van der Waals surface area contributed by atoms with Gasteiger partial charge >= 0.3 is 12.2 Å². The molecule has 10 heteroatoms. The number of hydrogen-bond acceptors (Lipinski definition) is 7. The van der Waals surface area contributed by atoms with E-state index in [0.717, 1.165) is 58.0 Å². The van der Waals surface area contributed by atoms with Crippen molar-refractivity contribution < 1.29 is 19.1 Å². The number of nitrogens with zero attached hydrogens (tertiary/aromatic N) is 5. The zero-order valence-electron chi connectivity index (χ0n) is 24.4. The monoisotopic (exact) mass is 566 g/mol. The molecular weight excluding hydrogens is 526 g/mol. The molecule has 0 bridgehead atoms. The molecule has 2 fully saturated rings. The number of anilines is 1. The minimum Gasteiger partial charge on any atom is -0.444 e. The first kappa shape index (κ1) is 28.1. The second-order valence-electron chi connectivity index (χ2n) is 12.4. The third kappa shape index (κ3) is 6.66. The molecule has 0 radical (unpaired) electrons. The molecule has 3 heterocycles. The molecule has 0 unspecified atom stereocenters. The van der Waals surface area contributed by atoms with Crippen molar-refractivity contribution in [3.63, 3.8) is 0 Å². The second-order valence-corrected chi connectivity index (χ2v) is 13.5. The highest BCUT2D eigenvalue weighted by Crippen LogP contribution is 2.32. The lowest BCUT2D eigenvalue weighted by Gasteiger charge is -2.36. The zero-order valence-corrected chi connectivity index (χ0v) is 25.2. The van der Waals surface area contributed by atoms with Crippen LogP contribution in [0.25, 0.3) is 20.8 Å². The first-order chi connectivity index (χ1) is 18.8. The van der Waals surface area contributed by atoms with Gasteiger partial charge in [0.25, 0.3) is 0 Å². The van der Waals surface area contributed by atoms with Crippen LogP contribution in [0.15, 0.2) is 36.4 Å². The summed E-state index contributed by atoms with van der Waals surface area (Å²) < 4.78 is 14.5.